The molecule has 5 fully saturated rings. The molecular formula is C17H29N. The van der Waals surface area contributed by atoms with Crippen molar-refractivity contribution in [2.75, 3.05) is 0 Å². The zero-order chi connectivity index (χ0) is 12.1. The molecule has 5 aliphatic rings. The maximum atomic E-state index is 4.10. The summed E-state index contributed by atoms with van der Waals surface area (Å²) in [6.45, 7) is 2.47. The van der Waals surface area contributed by atoms with E-state index in [2.05, 4.69) is 12.2 Å². The van der Waals surface area contributed by atoms with Crippen LogP contribution < -0.4 is 5.32 Å². The fourth-order valence-corrected chi connectivity index (χ4v) is 6.09. The number of hydrogen-bond donors (Lipinski definition) is 1. The van der Waals surface area contributed by atoms with Crippen molar-refractivity contribution in [1.29, 1.82) is 0 Å². The van der Waals surface area contributed by atoms with Crippen molar-refractivity contribution in [3.05, 3.63) is 0 Å². The van der Waals surface area contributed by atoms with E-state index in [0.717, 1.165) is 41.7 Å². The third-order valence-corrected chi connectivity index (χ3v) is 6.79. The summed E-state index contributed by atoms with van der Waals surface area (Å²) in [5, 5.41) is 4.10. The lowest BCUT2D eigenvalue weighted by Gasteiger charge is -2.55. The van der Waals surface area contributed by atoms with E-state index in [1.807, 2.05) is 0 Å². The van der Waals surface area contributed by atoms with Gasteiger partial charge in [-0.05, 0) is 81.5 Å². The molecule has 0 heterocycles. The van der Waals surface area contributed by atoms with Gasteiger partial charge in [-0.25, -0.2) is 0 Å². The molecule has 0 saturated heterocycles. The van der Waals surface area contributed by atoms with E-state index in [1.54, 1.807) is 32.1 Å². The SMILES string of the molecule is CC(NC1C2CC3CC(C2)CC1C3)C1CCCC1. The molecule has 0 aromatic heterocycles. The molecule has 1 nitrogen and oxygen atoms in total. The first-order chi connectivity index (χ1) is 8.79. The first-order valence-electron chi connectivity index (χ1n) is 8.55. The highest BCUT2D eigenvalue weighted by Crippen LogP contribution is 2.53. The number of rotatable bonds is 3. The first-order valence-corrected chi connectivity index (χ1v) is 8.55. The Kier molecular flexibility index (Phi) is 2.94. The molecule has 0 spiro atoms. The summed E-state index contributed by atoms with van der Waals surface area (Å²) >= 11 is 0. The van der Waals surface area contributed by atoms with Crippen LogP contribution in [0, 0.1) is 29.6 Å². The van der Waals surface area contributed by atoms with Crippen LogP contribution in [0.2, 0.25) is 0 Å². The maximum absolute atomic E-state index is 4.10. The van der Waals surface area contributed by atoms with Crippen LogP contribution in [0.4, 0.5) is 0 Å². The molecule has 1 N–H and O–H groups in total. The molecule has 4 bridgehead atoms. The van der Waals surface area contributed by atoms with Crippen LogP contribution in [-0.2, 0) is 0 Å². The van der Waals surface area contributed by atoms with Crippen molar-refractivity contribution < 1.29 is 0 Å². The summed E-state index contributed by atoms with van der Waals surface area (Å²) in [4.78, 5) is 0. The lowest BCUT2D eigenvalue weighted by molar-refractivity contribution is -0.0193. The molecule has 18 heavy (non-hydrogen) atoms. The molecule has 0 aliphatic heterocycles. The molecule has 5 saturated carbocycles. The van der Waals surface area contributed by atoms with Crippen LogP contribution in [0.25, 0.3) is 0 Å². The largest absolute Gasteiger partial charge is 0.311 e. The van der Waals surface area contributed by atoms with Crippen LogP contribution in [0.1, 0.15) is 64.7 Å². The highest BCUT2D eigenvalue weighted by molar-refractivity contribution is 5.02. The number of nitrogens with one attached hydrogen (secondary N) is 1. The van der Waals surface area contributed by atoms with Crippen LogP contribution >= 0.6 is 0 Å². The van der Waals surface area contributed by atoms with Gasteiger partial charge in [-0.15, -0.1) is 0 Å². The van der Waals surface area contributed by atoms with E-state index >= 15 is 0 Å². The van der Waals surface area contributed by atoms with Crippen molar-refractivity contribution in [3.63, 3.8) is 0 Å². The molecule has 0 amide bonds. The Hall–Kier alpha value is -0.0400. The second kappa shape index (κ2) is 4.51. The lowest BCUT2D eigenvalue weighted by atomic mass is 9.54. The van der Waals surface area contributed by atoms with Gasteiger partial charge in [0.05, 0.1) is 0 Å². The average Bonchev–Trinajstić information content (AvgIpc) is 2.86. The van der Waals surface area contributed by atoms with Gasteiger partial charge in [0.1, 0.15) is 0 Å². The van der Waals surface area contributed by atoms with Gasteiger partial charge >= 0.3 is 0 Å². The molecule has 0 radical (unpaired) electrons. The van der Waals surface area contributed by atoms with Gasteiger partial charge in [0.2, 0.25) is 0 Å². The topological polar surface area (TPSA) is 12.0 Å². The first kappa shape index (κ1) is 11.8. The third-order valence-electron chi connectivity index (χ3n) is 6.79. The minimum absolute atomic E-state index is 0.787. The Balaban J connectivity index is 1.42. The van der Waals surface area contributed by atoms with Gasteiger partial charge in [0.15, 0.2) is 0 Å². The quantitative estimate of drug-likeness (QED) is 0.795. The summed E-state index contributed by atoms with van der Waals surface area (Å²) in [5.41, 5.74) is 0. The second-order valence-electron chi connectivity index (χ2n) is 7.96. The summed E-state index contributed by atoms with van der Waals surface area (Å²) < 4.78 is 0. The Morgan fingerprint density at radius 1 is 0.833 bits per heavy atom. The summed E-state index contributed by atoms with van der Waals surface area (Å²) in [5.74, 6) is 5.32. The van der Waals surface area contributed by atoms with Crippen molar-refractivity contribution in [2.24, 2.45) is 29.6 Å². The van der Waals surface area contributed by atoms with Gasteiger partial charge in [0.25, 0.3) is 0 Å². The van der Waals surface area contributed by atoms with E-state index in [9.17, 15) is 0 Å². The lowest BCUT2D eigenvalue weighted by Crippen LogP contribution is -2.57. The van der Waals surface area contributed by atoms with Crippen LogP contribution in [0.15, 0.2) is 0 Å². The van der Waals surface area contributed by atoms with Crippen molar-refractivity contribution in [2.45, 2.75) is 76.8 Å². The molecule has 1 heteroatoms. The second-order valence-corrected chi connectivity index (χ2v) is 7.96. The minimum Gasteiger partial charge on any atom is -0.311 e. The van der Waals surface area contributed by atoms with E-state index < -0.39 is 0 Å². The van der Waals surface area contributed by atoms with E-state index in [4.69, 9.17) is 0 Å². The summed E-state index contributed by atoms with van der Waals surface area (Å²) in [6, 6.07) is 1.68. The van der Waals surface area contributed by atoms with E-state index in [-0.39, 0.29) is 0 Å². The molecular weight excluding hydrogens is 218 g/mol. The molecule has 1 unspecified atom stereocenters. The Morgan fingerprint density at radius 3 is 1.94 bits per heavy atom. The van der Waals surface area contributed by atoms with Crippen LogP contribution in [0.5, 0.6) is 0 Å². The van der Waals surface area contributed by atoms with Gasteiger partial charge in [-0.3, -0.25) is 0 Å². The molecule has 5 aliphatic carbocycles. The van der Waals surface area contributed by atoms with Crippen molar-refractivity contribution >= 4 is 0 Å². The normalized spacial score (nSPS) is 48.8. The Morgan fingerprint density at radius 2 is 1.39 bits per heavy atom. The predicted molar refractivity (Wildman–Crippen MR) is 75.4 cm³/mol. The van der Waals surface area contributed by atoms with Crippen molar-refractivity contribution in [3.8, 4) is 0 Å². The van der Waals surface area contributed by atoms with Crippen LogP contribution in [-0.4, -0.2) is 12.1 Å². The number of hydrogen-bond acceptors (Lipinski definition) is 1. The molecule has 0 aromatic rings. The van der Waals surface area contributed by atoms with E-state index in [1.165, 1.54) is 25.7 Å². The highest BCUT2D eigenvalue weighted by Gasteiger charge is 2.48. The average molecular weight is 247 g/mol. The molecule has 0 aromatic carbocycles. The van der Waals surface area contributed by atoms with Gasteiger partial charge in [-0.2, -0.15) is 0 Å². The van der Waals surface area contributed by atoms with Gasteiger partial charge in [-0.1, -0.05) is 12.8 Å². The molecule has 5 rings (SSSR count). The van der Waals surface area contributed by atoms with Gasteiger partial charge < -0.3 is 5.32 Å². The Labute approximate surface area is 112 Å². The van der Waals surface area contributed by atoms with Gasteiger partial charge in [0, 0.05) is 12.1 Å². The van der Waals surface area contributed by atoms with Crippen molar-refractivity contribution in [1.82, 2.24) is 5.32 Å². The smallest absolute Gasteiger partial charge is 0.0127 e. The molecule has 1 atom stereocenters. The molecule has 102 valence electrons. The standard InChI is InChI=1S/C17H29N/c1-11(14-4-2-3-5-14)18-17-15-7-12-6-13(9-15)10-16(17)8-12/h11-18H,2-10H2,1H3. The highest BCUT2D eigenvalue weighted by atomic mass is 15.0. The fraction of sp³-hybridized carbons (Fsp3) is 1.00. The van der Waals surface area contributed by atoms with E-state index in [0.29, 0.717) is 0 Å². The monoisotopic (exact) mass is 247 g/mol. The zero-order valence-electron chi connectivity index (χ0n) is 11.9. The third kappa shape index (κ3) is 1.94. The summed E-state index contributed by atoms with van der Waals surface area (Å²) in [7, 11) is 0. The fourth-order valence-electron chi connectivity index (χ4n) is 6.09. The van der Waals surface area contributed by atoms with Crippen LogP contribution in [0.3, 0.4) is 0 Å². The predicted octanol–water partition coefficient (Wildman–Crippen LogP) is 3.98. The minimum atomic E-state index is 0.787. The maximum Gasteiger partial charge on any atom is 0.0127 e. The summed E-state index contributed by atoms with van der Waals surface area (Å²) in [6.07, 6.45) is 13.8. The Bertz CT molecular complexity index is 277. The zero-order valence-corrected chi connectivity index (χ0v) is 11.9.